The highest BCUT2D eigenvalue weighted by molar-refractivity contribution is 7.98. The fourth-order valence-corrected chi connectivity index (χ4v) is 5.45. The standard InChI is InChI=1S/C28H33FN8OS/c1-5-21(37-13-11-36(3)12-14-37)27(38)35-26-25-18(9-10-30-26)19(16-31-25)24-17(2)15-32-28(34-24)33-20-7-6-8-22(39-4)23(20)29/h6-10,15-16,21,31H,5,11-14H2,1-4H3,(H,30,35,38)(H,32,33,34). The van der Waals surface area contributed by atoms with E-state index in [1.807, 2.05) is 32.4 Å². The molecule has 1 aliphatic rings. The van der Waals surface area contributed by atoms with Crippen molar-refractivity contribution in [3.05, 3.63) is 54.2 Å². The molecule has 0 spiro atoms. The highest BCUT2D eigenvalue weighted by atomic mass is 32.2. The molecule has 0 aliphatic carbocycles. The zero-order chi connectivity index (χ0) is 27.5. The van der Waals surface area contributed by atoms with Gasteiger partial charge in [0.25, 0.3) is 0 Å². The van der Waals surface area contributed by atoms with Crippen molar-refractivity contribution in [2.24, 2.45) is 0 Å². The maximum Gasteiger partial charge on any atom is 0.242 e. The van der Waals surface area contributed by atoms with Crippen LogP contribution in [0.1, 0.15) is 18.9 Å². The molecule has 9 nitrogen and oxygen atoms in total. The van der Waals surface area contributed by atoms with Gasteiger partial charge in [-0.2, -0.15) is 0 Å². The van der Waals surface area contributed by atoms with Crippen LogP contribution in [-0.4, -0.2) is 81.2 Å². The number of carbonyl (C=O) groups excluding carboxylic acids is 1. The lowest BCUT2D eigenvalue weighted by Crippen LogP contribution is -2.52. The van der Waals surface area contributed by atoms with Gasteiger partial charge in [0.15, 0.2) is 11.6 Å². The Morgan fingerprint density at radius 1 is 1.21 bits per heavy atom. The lowest BCUT2D eigenvalue weighted by atomic mass is 10.1. The first-order valence-electron chi connectivity index (χ1n) is 13.0. The average molecular weight is 549 g/mol. The average Bonchev–Trinajstić information content (AvgIpc) is 3.37. The SMILES string of the molecule is CCC(C(=O)Nc1nccc2c(-c3nc(Nc4cccc(SC)c4F)ncc3C)c[nH]c12)N1CCN(C)CC1. The van der Waals surface area contributed by atoms with E-state index in [-0.39, 0.29) is 17.8 Å². The molecule has 1 atom stereocenters. The number of nitrogens with zero attached hydrogens (tertiary/aromatic N) is 5. The van der Waals surface area contributed by atoms with Crippen LogP contribution >= 0.6 is 11.8 Å². The highest BCUT2D eigenvalue weighted by Crippen LogP contribution is 2.33. The van der Waals surface area contributed by atoms with Gasteiger partial charge in [0.05, 0.1) is 22.9 Å². The molecule has 4 aromatic rings. The molecule has 39 heavy (non-hydrogen) atoms. The van der Waals surface area contributed by atoms with Crippen molar-refractivity contribution >= 4 is 46.0 Å². The lowest BCUT2D eigenvalue weighted by molar-refractivity contribution is -0.122. The van der Waals surface area contributed by atoms with E-state index >= 15 is 0 Å². The van der Waals surface area contributed by atoms with E-state index in [4.69, 9.17) is 4.98 Å². The number of fused-ring (bicyclic) bond motifs is 1. The number of benzene rings is 1. The van der Waals surface area contributed by atoms with E-state index in [0.29, 0.717) is 28.0 Å². The Kier molecular flexibility index (Phi) is 8.10. The van der Waals surface area contributed by atoms with Crippen molar-refractivity contribution in [1.82, 2.24) is 29.7 Å². The molecule has 4 heterocycles. The number of pyridine rings is 1. The van der Waals surface area contributed by atoms with Crippen molar-refractivity contribution in [2.45, 2.75) is 31.2 Å². The quantitative estimate of drug-likeness (QED) is 0.267. The summed E-state index contributed by atoms with van der Waals surface area (Å²) >= 11 is 1.34. The Balaban J connectivity index is 1.42. The summed E-state index contributed by atoms with van der Waals surface area (Å²) in [6, 6.07) is 6.87. The van der Waals surface area contributed by atoms with Gasteiger partial charge in [0.1, 0.15) is 0 Å². The van der Waals surface area contributed by atoms with Crippen LogP contribution in [0.15, 0.2) is 47.8 Å². The summed E-state index contributed by atoms with van der Waals surface area (Å²) in [5.41, 5.74) is 3.45. The van der Waals surface area contributed by atoms with E-state index in [2.05, 4.69) is 42.4 Å². The molecular formula is C28H33FN8OS. The summed E-state index contributed by atoms with van der Waals surface area (Å²) in [6.07, 6.45) is 7.81. The third-order valence-corrected chi connectivity index (χ3v) is 7.92. The van der Waals surface area contributed by atoms with Gasteiger partial charge >= 0.3 is 0 Å². The summed E-state index contributed by atoms with van der Waals surface area (Å²) in [4.78, 5) is 35.2. The third-order valence-electron chi connectivity index (χ3n) is 7.17. The predicted octanol–water partition coefficient (Wildman–Crippen LogP) is 4.90. The maximum absolute atomic E-state index is 14.8. The fraction of sp³-hybridized carbons (Fsp3) is 0.357. The number of likely N-dealkylation sites (N-methyl/N-ethyl adjacent to an activating group) is 1. The van der Waals surface area contributed by atoms with Crippen molar-refractivity contribution < 1.29 is 9.18 Å². The molecule has 1 amide bonds. The largest absolute Gasteiger partial charge is 0.357 e. The molecular weight excluding hydrogens is 515 g/mol. The van der Waals surface area contributed by atoms with E-state index < -0.39 is 0 Å². The number of aryl methyl sites for hydroxylation is 1. The van der Waals surface area contributed by atoms with E-state index in [0.717, 1.165) is 54.6 Å². The van der Waals surface area contributed by atoms with Crippen LogP contribution in [0.5, 0.6) is 0 Å². The van der Waals surface area contributed by atoms with E-state index in [1.165, 1.54) is 11.8 Å². The number of rotatable bonds is 8. The van der Waals surface area contributed by atoms with Gasteiger partial charge in [-0.05, 0) is 50.4 Å². The molecule has 1 saturated heterocycles. The minimum Gasteiger partial charge on any atom is -0.357 e. The zero-order valence-corrected chi connectivity index (χ0v) is 23.4. The number of nitrogens with one attached hydrogen (secondary N) is 3. The second-order valence-corrected chi connectivity index (χ2v) is 10.6. The van der Waals surface area contributed by atoms with Gasteiger partial charge in [0, 0.05) is 60.6 Å². The smallest absolute Gasteiger partial charge is 0.242 e. The predicted molar refractivity (Wildman–Crippen MR) is 155 cm³/mol. The molecule has 1 aromatic carbocycles. The van der Waals surface area contributed by atoms with Crippen LogP contribution in [0.25, 0.3) is 22.2 Å². The van der Waals surface area contributed by atoms with Gasteiger partial charge in [-0.3, -0.25) is 9.69 Å². The molecule has 204 valence electrons. The number of aromatic nitrogens is 4. The van der Waals surface area contributed by atoms with Gasteiger partial charge in [0.2, 0.25) is 11.9 Å². The van der Waals surface area contributed by atoms with Crippen LogP contribution < -0.4 is 10.6 Å². The summed E-state index contributed by atoms with van der Waals surface area (Å²) in [5.74, 6) is 0.383. The Hall–Kier alpha value is -3.54. The van der Waals surface area contributed by atoms with E-state index in [9.17, 15) is 9.18 Å². The van der Waals surface area contributed by atoms with Gasteiger partial charge < -0.3 is 20.5 Å². The van der Waals surface area contributed by atoms with Crippen LogP contribution in [0, 0.1) is 12.7 Å². The normalized spacial score (nSPS) is 15.4. The van der Waals surface area contributed by atoms with Crippen molar-refractivity contribution in [3.8, 4) is 11.3 Å². The van der Waals surface area contributed by atoms with Crippen LogP contribution in [0.3, 0.4) is 0 Å². The highest BCUT2D eigenvalue weighted by Gasteiger charge is 2.27. The van der Waals surface area contributed by atoms with Crippen LogP contribution in [0.4, 0.5) is 21.8 Å². The maximum atomic E-state index is 14.8. The Morgan fingerprint density at radius 2 is 2.00 bits per heavy atom. The summed E-state index contributed by atoms with van der Waals surface area (Å²) < 4.78 is 14.8. The number of carbonyl (C=O) groups is 1. The van der Waals surface area contributed by atoms with Crippen molar-refractivity contribution in [1.29, 1.82) is 0 Å². The molecule has 1 unspecified atom stereocenters. The van der Waals surface area contributed by atoms with Crippen LogP contribution in [0.2, 0.25) is 0 Å². The molecule has 1 aliphatic heterocycles. The molecule has 0 saturated carbocycles. The number of piperazine rings is 1. The van der Waals surface area contributed by atoms with E-state index in [1.54, 1.807) is 30.6 Å². The number of amides is 1. The summed E-state index contributed by atoms with van der Waals surface area (Å²) in [5, 5.41) is 6.95. The molecule has 0 bridgehead atoms. The lowest BCUT2D eigenvalue weighted by Gasteiger charge is -2.36. The first-order valence-corrected chi connectivity index (χ1v) is 14.2. The molecule has 5 rings (SSSR count). The summed E-state index contributed by atoms with van der Waals surface area (Å²) in [6.45, 7) is 7.59. The number of hydrogen-bond acceptors (Lipinski definition) is 8. The van der Waals surface area contributed by atoms with Gasteiger partial charge in [-0.25, -0.2) is 19.3 Å². The number of thioether (sulfide) groups is 1. The number of halogens is 1. The number of H-pyrrole nitrogens is 1. The topological polar surface area (TPSA) is 102 Å². The molecule has 11 heteroatoms. The van der Waals surface area contributed by atoms with Crippen molar-refractivity contribution in [3.63, 3.8) is 0 Å². The third kappa shape index (κ3) is 5.61. The Morgan fingerprint density at radius 3 is 2.74 bits per heavy atom. The molecule has 1 fully saturated rings. The molecule has 0 radical (unpaired) electrons. The number of hydrogen-bond donors (Lipinski definition) is 3. The molecule has 3 aromatic heterocycles. The monoisotopic (exact) mass is 548 g/mol. The first-order chi connectivity index (χ1) is 18.9. The fourth-order valence-electron chi connectivity index (χ4n) is 4.95. The van der Waals surface area contributed by atoms with Crippen LogP contribution in [-0.2, 0) is 4.79 Å². The first kappa shape index (κ1) is 27.0. The van der Waals surface area contributed by atoms with Crippen molar-refractivity contribution in [2.75, 3.05) is 50.1 Å². The minimum atomic E-state index is -0.337. The Labute approximate surface area is 231 Å². The summed E-state index contributed by atoms with van der Waals surface area (Å²) in [7, 11) is 2.10. The Bertz CT molecular complexity index is 1480. The second kappa shape index (κ2) is 11.7. The number of aromatic amines is 1. The van der Waals surface area contributed by atoms with Gasteiger partial charge in [-0.1, -0.05) is 13.0 Å². The number of anilines is 3. The zero-order valence-electron chi connectivity index (χ0n) is 22.6. The van der Waals surface area contributed by atoms with Gasteiger partial charge in [-0.15, -0.1) is 11.8 Å². The minimum absolute atomic E-state index is 0.0580. The molecule has 3 N–H and O–H groups in total. The second-order valence-electron chi connectivity index (χ2n) is 9.71.